The molecule has 0 spiro atoms. The van der Waals surface area contributed by atoms with Crippen LogP contribution in [0.4, 0.5) is 9.93 Å². The third-order valence-electron chi connectivity index (χ3n) is 5.79. The summed E-state index contributed by atoms with van der Waals surface area (Å²) in [6, 6.07) is 0.286. The van der Waals surface area contributed by atoms with E-state index >= 15 is 0 Å². The average Bonchev–Trinajstić information content (AvgIpc) is 3.23. The lowest BCUT2D eigenvalue weighted by molar-refractivity contribution is 0.0846. The predicted octanol–water partition coefficient (Wildman–Crippen LogP) is 4.13. The maximum absolute atomic E-state index is 12.2. The van der Waals surface area contributed by atoms with E-state index in [9.17, 15) is 4.79 Å². The molecule has 4 rings (SSSR count). The van der Waals surface area contributed by atoms with Crippen molar-refractivity contribution in [1.29, 1.82) is 0 Å². The van der Waals surface area contributed by atoms with E-state index in [0.717, 1.165) is 44.1 Å². The van der Waals surface area contributed by atoms with Crippen LogP contribution in [0, 0.1) is 11.8 Å². The second-order valence-electron chi connectivity index (χ2n) is 7.47. The molecule has 2 N–H and O–H groups in total. The van der Waals surface area contributed by atoms with Crippen LogP contribution in [-0.4, -0.2) is 30.3 Å². The quantitative estimate of drug-likeness (QED) is 0.859. The van der Waals surface area contributed by atoms with E-state index < -0.39 is 0 Å². The lowest BCUT2D eigenvalue weighted by atomic mass is 9.85. The van der Waals surface area contributed by atoms with Crippen LogP contribution in [0.1, 0.15) is 63.0 Å². The number of amides is 2. The van der Waals surface area contributed by atoms with Crippen molar-refractivity contribution in [3.05, 3.63) is 11.1 Å². The summed E-state index contributed by atoms with van der Waals surface area (Å²) >= 11 is 1.52. The molecule has 2 amide bonds. The van der Waals surface area contributed by atoms with E-state index in [1.165, 1.54) is 43.4 Å². The summed E-state index contributed by atoms with van der Waals surface area (Å²) in [4.78, 5) is 16.8. The van der Waals surface area contributed by atoms with Gasteiger partial charge in [-0.15, -0.1) is 11.3 Å². The normalized spacial score (nSPS) is 28.5. The van der Waals surface area contributed by atoms with Gasteiger partial charge in [0.25, 0.3) is 0 Å². The van der Waals surface area contributed by atoms with E-state index in [0.29, 0.717) is 23.0 Å². The van der Waals surface area contributed by atoms with E-state index in [2.05, 4.69) is 21.0 Å². The number of hydrogen-bond donors (Lipinski definition) is 2. The molecular weight excluding hydrogens is 322 g/mol. The zero-order valence-electron chi connectivity index (χ0n) is 14.1. The number of nitrogens with zero attached hydrogens (tertiary/aromatic N) is 1. The first-order valence-corrected chi connectivity index (χ1v) is 10.3. The Kier molecular flexibility index (Phi) is 5.03. The van der Waals surface area contributed by atoms with Crippen molar-refractivity contribution in [3.63, 3.8) is 0 Å². The van der Waals surface area contributed by atoms with Gasteiger partial charge in [-0.3, -0.25) is 5.32 Å². The summed E-state index contributed by atoms with van der Waals surface area (Å²) in [6.45, 7) is 1.63. The molecule has 1 aromatic heterocycles. The summed E-state index contributed by atoms with van der Waals surface area (Å²) in [5.74, 6) is 2.03. The van der Waals surface area contributed by atoms with Gasteiger partial charge >= 0.3 is 6.03 Å². The number of carbonyl (C=O) groups is 1. The van der Waals surface area contributed by atoms with E-state index in [1.54, 1.807) is 0 Å². The van der Waals surface area contributed by atoms with Gasteiger partial charge in [0.05, 0.1) is 5.69 Å². The fraction of sp³-hybridized carbons (Fsp3) is 0.778. The number of thiazole rings is 1. The molecule has 3 aliphatic rings. The highest BCUT2D eigenvalue weighted by Gasteiger charge is 2.43. The Morgan fingerprint density at radius 1 is 1.17 bits per heavy atom. The molecule has 1 aromatic rings. The topological polar surface area (TPSA) is 63.2 Å². The Balaban J connectivity index is 1.24. The highest BCUT2D eigenvalue weighted by atomic mass is 32.1. The van der Waals surface area contributed by atoms with Crippen LogP contribution < -0.4 is 10.6 Å². The van der Waals surface area contributed by atoms with Crippen LogP contribution in [-0.2, 0) is 4.74 Å². The average molecular weight is 350 g/mol. The Morgan fingerprint density at radius 3 is 2.75 bits per heavy atom. The summed E-state index contributed by atoms with van der Waals surface area (Å²) in [6.07, 6.45) is 10.0. The van der Waals surface area contributed by atoms with E-state index in [1.807, 2.05) is 0 Å². The number of ether oxygens (including phenoxy) is 1. The molecular formula is C18H27N3O2S. The van der Waals surface area contributed by atoms with E-state index in [-0.39, 0.29) is 6.03 Å². The number of urea groups is 1. The molecule has 0 aromatic carbocycles. The fourth-order valence-corrected chi connectivity index (χ4v) is 5.08. The molecule has 0 bridgehead atoms. The number of nitrogens with one attached hydrogen (secondary N) is 2. The van der Waals surface area contributed by atoms with Gasteiger partial charge in [-0.25, -0.2) is 9.78 Å². The van der Waals surface area contributed by atoms with Gasteiger partial charge in [0.15, 0.2) is 5.13 Å². The van der Waals surface area contributed by atoms with Crippen molar-refractivity contribution in [2.24, 2.45) is 11.8 Å². The molecule has 3 fully saturated rings. The monoisotopic (exact) mass is 349 g/mol. The Labute approximate surface area is 147 Å². The molecule has 2 aliphatic carbocycles. The number of anilines is 1. The van der Waals surface area contributed by atoms with Crippen molar-refractivity contribution >= 4 is 22.5 Å². The third-order valence-corrected chi connectivity index (χ3v) is 6.57. The molecule has 1 saturated heterocycles. The lowest BCUT2D eigenvalue weighted by Gasteiger charge is -2.21. The first-order chi connectivity index (χ1) is 11.8. The molecule has 2 saturated carbocycles. The largest absolute Gasteiger partial charge is 0.381 e. The molecule has 2 atom stereocenters. The minimum absolute atomic E-state index is 0.0915. The van der Waals surface area contributed by atoms with E-state index in [4.69, 9.17) is 4.74 Å². The summed E-state index contributed by atoms with van der Waals surface area (Å²) in [7, 11) is 0. The number of hydrogen-bond acceptors (Lipinski definition) is 4. The molecule has 1 aliphatic heterocycles. The molecule has 0 radical (unpaired) electrons. The number of carbonyl (C=O) groups excluding carboxylic acids is 1. The second-order valence-corrected chi connectivity index (χ2v) is 8.32. The lowest BCUT2D eigenvalue weighted by Crippen LogP contribution is -2.32. The summed E-state index contributed by atoms with van der Waals surface area (Å²) in [5, 5.41) is 8.85. The SMILES string of the molecule is O=C(Nc1nc(C2CCOCC2)cs1)NC1CC1C1CCCCC1. The van der Waals surface area contributed by atoms with Crippen molar-refractivity contribution in [3.8, 4) is 0 Å². The highest BCUT2D eigenvalue weighted by Crippen LogP contribution is 2.44. The van der Waals surface area contributed by atoms with Crippen LogP contribution >= 0.6 is 11.3 Å². The standard InChI is InChI=1S/C18H27N3O2S/c22-17(19-15-10-14(15)12-4-2-1-3-5-12)21-18-20-16(11-24-18)13-6-8-23-9-7-13/h11-15H,1-10H2,(H2,19,20,21,22). The second kappa shape index (κ2) is 7.40. The zero-order chi connectivity index (χ0) is 16.4. The first kappa shape index (κ1) is 16.3. The van der Waals surface area contributed by atoms with Gasteiger partial charge in [0.1, 0.15) is 0 Å². The van der Waals surface area contributed by atoms with Crippen molar-refractivity contribution in [1.82, 2.24) is 10.3 Å². The molecule has 2 unspecified atom stereocenters. The zero-order valence-corrected chi connectivity index (χ0v) is 14.9. The van der Waals surface area contributed by atoms with Gasteiger partial charge in [-0.1, -0.05) is 32.1 Å². The minimum atomic E-state index is -0.0915. The van der Waals surface area contributed by atoms with Crippen LogP contribution in [0.3, 0.4) is 0 Å². The Hall–Kier alpha value is -1.14. The number of aromatic nitrogens is 1. The number of rotatable bonds is 4. The van der Waals surface area contributed by atoms with Crippen LogP contribution in [0.25, 0.3) is 0 Å². The van der Waals surface area contributed by atoms with Crippen molar-refractivity contribution in [2.75, 3.05) is 18.5 Å². The molecule has 24 heavy (non-hydrogen) atoms. The molecule has 132 valence electrons. The van der Waals surface area contributed by atoms with Crippen LogP contribution in [0.2, 0.25) is 0 Å². The summed E-state index contributed by atoms with van der Waals surface area (Å²) in [5.41, 5.74) is 1.10. The summed E-state index contributed by atoms with van der Waals surface area (Å²) < 4.78 is 5.40. The smallest absolute Gasteiger partial charge is 0.321 e. The Bertz CT molecular complexity index is 564. The van der Waals surface area contributed by atoms with Crippen LogP contribution in [0.15, 0.2) is 5.38 Å². The Morgan fingerprint density at radius 2 is 1.96 bits per heavy atom. The van der Waals surface area contributed by atoms with Crippen LogP contribution in [0.5, 0.6) is 0 Å². The van der Waals surface area contributed by atoms with Gasteiger partial charge in [-0.05, 0) is 31.1 Å². The third kappa shape index (κ3) is 3.91. The van der Waals surface area contributed by atoms with Gasteiger partial charge in [-0.2, -0.15) is 0 Å². The molecule has 6 heteroatoms. The first-order valence-electron chi connectivity index (χ1n) is 9.40. The molecule has 2 heterocycles. The maximum Gasteiger partial charge on any atom is 0.321 e. The maximum atomic E-state index is 12.2. The van der Waals surface area contributed by atoms with Gasteiger partial charge < -0.3 is 10.1 Å². The minimum Gasteiger partial charge on any atom is -0.381 e. The predicted molar refractivity (Wildman–Crippen MR) is 95.5 cm³/mol. The van der Waals surface area contributed by atoms with Crippen molar-refractivity contribution < 1.29 is 9.53 Å². The van der Waals surface area contributed by atoms with Gasteiger partial charge in [0.2, 0.25) is 0 Å². The van der Waals surface area contributed by atoms with Gasteiger partial charge in [0, 0.05) is 30.6 Å². The molecule has 5 nitrogen and oxygen atoms in total. The fourth-order valence-electron chi connectivity index (χ4n) is 4.29. The van der Waals surface area contributed by atoms with Crippen molar-refractivity contribution in [2.45, 2.75) is 63.3 Å². The highest BCUT2D eigenvalue weighted by molar-refractivity contribution is 7.13.